The van der Waals surface area contributed by atoms with Crippen LogP contribution in [-0.2, 0) is 6.42 Å². The zero-order chi connectivity index (χ0) is 22.2. The summed E-state index contributed by atoms with van der Waals surface area (Å²) in [6.07, 6.45) is 3.06. The van der Waals surface area contributed by atoms with Crippen molar-refractivity contribution in [1.82, 2.24) is 9.55 Å². The van der Waals surface area contributed by atoms with Gasteiger partial charge < -0.3 is 15.4 Å². The molecular weight excluding hydrogens is 409 g/mol. The maximum atomic E-state index is 14.3. The molecule has 1 amide bonds. The van der Waals surface area contributed by atoms with E-state index in [9.17, 15) is 19.1 Å². The van der Waals surface area contributed by atoms with Crippen LogP contribution in [0.1, 0.15) is 48.3 Å². The molecule has 0 saturated heterocycles. The minimum atomic E-state index is -0.868. The minimum absolute atomic E-state index is 0.00980. The Morgan fingerprint density at radius 1 is 1.37 bits per heavy atom. The summed E-state index contributed by atoms with van der Waals surface area (Å²) in [5, 5.41) is 10.2. The van der Waals surface area contributed by atoms with Gasteiger partial charge in [-0.2, -0.15) is 0 Å². The number of fused-ring (bicyclic) bond motifs is 1. The minimum Gasteiger partial charge on any atom is -0.394 e. The number of primary amides is 1. The topological polar surface area (TPSA) is 98.2 Å². The van der Waals surface area contributed by atoms with Gasteiger partial charge in [0.2, 0.25) is 5.43 Å². The summed E-state index contributed by atoms with van der Waals surface area (Å²) < 4.78 is 15.9. The Bertz CT molecular complexity index is 1180. The van der Waals surface area contributed by atoms with E-state index in [4.69, 9.17) is 17.3 Å². The number of pyridine rings is 2. The zero-order valence-corrected chi connectivity index (χ0v) is 17.7. The predicted octanol–water partition coefficient (Wildman–Crippen LogP) is 3.46. The van der Waals surface area contributed by atoms with Crippen LogP contribution in [0.15, 0.2) is 41.5 Å². The van der Waals surface area contributed by atoms with Gasteiger partial charge in [0.25, 0.3) is 5.91 Å². The van der Waals surface area contributed by atoms with Crippen molar-refractivity contribution in [1.29, 1.82) is 0 Å². The number of carbonyl (C=O) groups excluding carboxylic acids is 1. The number of amides is 1. The molecule has 158 valence electrons. The van der Waals surface area contributed by atoms with E-state index in [0.29, 0.717) is 16.8 Å². The monoisotopic (exact) mass is 431 g/mol. The van der Waals surface area contributed by atoms with Gasteiger partial charge in [-0.25, -0.2) is 9.37 Å². The third-order valence-corrected chi connectivity index (χ3v) is 5.42. The molecule has 3 N–H and O–H groups in total. The fourth-order valence-corrected chi connectivity index (χ4v) is 3.67. The summed E-state index contributed by atoms with van der Waals surface area (Å²) in [7, 11) is 0. The first kappa shape index (κ1) is 21.9. The number of carbonyl (C=O) groups is 1. The predicted molar refractivity (Wildman–Crippen MR) is 114 cm³/mol. The molecule has 3 aromatic rings. The summed E-state index contributed by atoms with van der Waals surface area (Å²) in [5.74, 6) is -1.40. The van der Waals surface area contributed by atoms with Gasteiger partial charge in [-0.15, -0.1) is 0 Å². The Kier molecular flexibility index (Phi) is 5.97. The van der Waals surface area contributed by atoms with Gasteiger partial charge in [0.1, 0.15) is 17.0 Å². The van der Waals surface area contributed by atoms with Crippen LogP contribution in [0.3, 0.4) is 0 Å². The van der Waals surface area contributed by atoms with Gasteiger partial charge >= 0.3 is 0 Å². The van der Waals surface area contributed by atoms with Crippen LogP contribution >= 0.6 is 11.6 Å². The molecule has 0 radical (unpaired) electrons. The van der Waals surface area contributed by atoms with E-state index in [2.05, 4.69) is 4.98 Å². The molecule has 0 fully saturated rings. The summed E-state index contributed by atoms with van der Waals surface area (Å²) in [6, 6.07) is 5.82. The second-order valence-corrected chi connectivity index (χ2v) is 8.72. The number of nitrogens with zero attached hydrogens (tertiary/aromatic N) is 2. The van der Waals surface area contributed by atoms with Crippen LogP contribution in [0.25, 0.3) is 11.0 Å². The van der Waals surface area contributed by atoms with Crippen molar-refractivity contribution in [3.63, 3.8) is 0 Å². The standard InChI is InChI=1S/C22H23ClFN3O3/c1-22(2,3)17(11-28)27-10-15(20(25)30)19(29)14-8-12(9-26-21(14)27)7-13-5-4-6-16(23)18(13)24/h4-6,8-10,17,28H,7,11H2,1-3H3,(H2,25,30)/t17-/m1/s1. The van der Waals surface area contributed by atoms with Gasteiger partial charge in [-0.3, -0.25) is 9.59 Å². The molecule has 2 aromatic heterocycles. The molecule has 2 heterocycles. The van der Waals surface area contributed by atoms with E-state index in [0.717, 1.165) is 0 Å². The SMILES string of the molecule is CC(C)(C)[C@@H](CO)n1cc(C(N)=O)c(=O)c2cc(Cc3cccc(Cl)c3F)cnc21. The molecule has 0 spiro atoms. The second-order valence-electron chi connectivity index (χ2n) is 8.31. The molecular formula is C22H23ClFN3O3. The highest BCUT2D eigenvalue weighted by molar-refractivity contribution is 6.30. The third kappa shape index (κ3) is 4.08. The normalized spacial score (nSPS) is 12.9. The van der Waals surface area contributed by atoms with Gasteiger partial charge in [0, 0.05) is 18.8 Å². The first-order valence-corrected chi connectivity index (χ1v) is 9.79. The Balaban J connectivity index is 2.23. The summed E-state index contributed by atoms with van der Waals surface area (Å²) in [4.78, 5) is 29.2. The number of rotatable bonds is 5. The lowest BCUT2D eigenvalue weighted by Gasteiger charge is -2.32. The summed E-state index contributed by atoms with van der Waals surface area (Å²) in [5.41, 5.74) is 5.53. The molecule has 0 saturated carbocycles. The highest BCUT2D eigenvalue weighted by Gasteiger charge is 2.28. The molecule has 6 nitrogen and oxygen atoms in total. The Labute approximate surface area is 178 Å². The average molecular weight is 432 g/mol. The van der Waals surface area contributed by atoms with Crippen molar-refractivity contribution in [2.24, 2.45) is 11.1 Å². The molecule has 30 heavy (non-hydrogen) atoms. The first-order chi connectivity index (χ1) is 14.0. The molecule has 0 unspecified atom stereocenters. The van der Waals surface area contributed by atoms with Crippen LogP contribution < -0.4 is 11.2 Å². The van der Waals surface area contributed by atoms with Gasteiger partial charge in [0.15, 0.2) is 0 Å². The number of hydrogen-bond acceptors (Lipinski definition) is 4. The lowest BCUT2D eigenvalue weighted by atomic mass is 9.86. The second kappa shape index (κ2) is 8.16. The lowest BCUT2D eigenvalue weighted by molar-refractivity contribution is 0.0995. The van der Waals surface area contributed by atoms with Crippen molar-refractivity contribution in [3.8, 4) is 0 Å². The Morgan fingerprint density at radius 2 is 2.07 bits per heavy atom. The van der Waals surface area contributed by atoms with Crippen LogP contribution in [-0.4, -0.2) is 27.2 Å². The van der Waals surface area contributed by atoms with Crippen LogP contribution in [0, 0.1) is 11.2 Å². The summed E-state index contributed by atoms with van der Waals surface area (Å²) >= 11 is 5.85. The quantitative estimate of drug-likeness (QED) is 0.646. The Hall–Kier alpha value is -2.77. The fourth-order valence-electron chi connectivity index (χ4n) is 3.47. The van der Waals surface area contributed by atoms with Crippen molar-refractivity contribution in [2.75, 3.05) is 6.61 Å². The highest BCUT2D eigenvalue weighted by atomic mass is 35.5. The number of aliphatic hydroxyl groups excluding tert-OH is 1. The highest BCUT2D eigenvalue weighted by Crippen LogP contribution is 2.32. The van der Waals surface area contributed by atoms with Crippen molar-refractivity contribution in [3.05, 3.63) is 74.4 Å². The van der Waals surface area contributed by atoms with Crippen molar-refractivity contribution >= 4 is 28.5 Å². The van der Waals surface area contributed by atoms with Crippen LogP contribution in [0.2, 0.25) is 5.02 Å². The van der Waals surface area contributed by atoms with Gasteiger partial charge in [0.05, 0.1) is 23.1 Å². The van der Waals surface area contributed by atoms with Gasteiger partial charge in [-0.1, -0.05) is 44.5 Å². The lowest BCUT2D eigenvalue weighted by Crippen LogP contribution is -2.32. The van der Waals surface area contributed by atoms with E-state index >= 15 is 0 Å². The third-order valence-electron chi connectivity index (χ3n) is 5.13. The van der Waals surface area contributed by atoms with Crippen molar-refractivity contribution < 1.29 is 14.3 Å². The molecule has 1 aromatic carbocycles. The number of aliphatic hydroxyl groups is 1. The molecule has 0 aliphatic rings. The maximum Gasteiger partial charge on any atom is 0.254 e. The van der Waals surface area contributed by atoms with Crippen molar-refractivity contribution in [2.45, 2.75) is 33.2 Å². The molecule has 1 atom stereocenters. The van der Waals surface area contributed by atoms with E-state index in [1.165, 1.54) is 12.3 Å². The van der Waals surface area contributed by atoms with E-state index in [-0.39, 0.29) is 29.0 Å². The largest absolute Gasteiger partial charge is 0.394 e. The van der Waals surface area contributed by atoms with Crippen LogP contribution in [0.4, 0.5) is 4.39 Å². The smallest absolute Gasteiger partial charge is 0.254 e. The zero-order valence-electron chi connectivity index (χ0n) is 16.9. The van der Waals surface area contributed by atoms with E-state index < -0.39 is 28.6 Å². The number of aromatic nitrogens is 2. The van der Waals surface area contributed by atoms with Crippen LogP contribution in [0.5, 0.6) is 0 Å². The molecule has 8 heteroatoms. The van der Waals surface area contributed by atoms with E-state index in [1.807, 2.05) is 20.8 Å². The number of halogens is 2. The maximum absolute atomic E-state index is 14.3. The molecule has 0 aliphatic carbocycles. The number of hydrogen-bond donors (Lipinski definition) is 2. The number of benzene rings is 1. The fraction of sp³-hybridized carbons (Fsp3) is 0.318. The molecule has 0 aliphatic heterocycles. The molecule has 0 bridgehead atoms. The summed E-state index contributed by atoms with van der Waals surface area (Å²) in [6.45, 7) is 5.56. The van der Waals surface area contributed by atoms with E-state index in [1.54, 1.807) is 29.0 Å². The molecule has 3 rings (SSSR count). The first-order valence-electron chi connectivity index (χ1n) is 9.42. The number of nitrogens with two attached hydrogens (primary N) is 1. The van der Waals surface area contributed by atoms with Gasteiger partial charge in [-0.05, 0) is 28.7 Å². The average Bonchev–Trinajstić information content (AvgIpc) is 2.66. The Morgan fingerprint density at radius 3 is 2.67 bits per heavy atom.